The summed E-state index contributed by atoms with van der Waals surface area (Å²) in [6.07, 6.45) is 1.81. The number of rotatable bonds is 3. The molecule has 0 bridgehead atoms. The molecule has 0 atom stereocenters. The van der Waals surface area contributed by atoms with E-state index in [1.165, 1.54) is 0 Å². The summed E-state index contributed by atoms with van der Waals surface area (Å²) in [5, 5.41) is 6.57. The van der Waals surface area contributed by atoms with E-state index in [1.54, 1.807) is 11.3 Å². The van der Waals surface area contributed by atoms with E-state index in [1.807, 2.05) is 35.8 Å². The highest BCUT2D eigenvalue weighted by molar-refractivity contribution is 7.10. The van der Waals surface area contributed by atoms with E-state index in [-0.39, 0.29) is 0 Å². The predicted octanol–water partition coefficient (Wildman–Crippen LogP) is 3.49. The van der Waals surface area contributed by atoms with Crippen molar-refractivity contribution in [1.29, 1.82) is 0 Å². The summed E-state index contributed by atoms with van der Waals surface area (Å²) in [7, 11) is 0. The highest BCUT2D eigenvalue weighted by Crippen LogP contribution is 2.24. The van der Waals surface area contributed by atoms with Crippen LogP contribution in [0.3, 0.4) is 0 Å². The second kappa shape index (κ2) is 4.66. The minimum atomic E-state index is 0.748. The first-order chi connectivity index (χ1) is 8.84. The van der Waals surface area contributed by atoms with Crippen molar-refractivity contribution in [3.63, 3.8) is 0 Å². The lowest BCUT2D eigenvalue weighted by Gasteiger charge is -2.08. The van der Waals surface area contributed by atoms with Crippen molar-refractivity contribution in [3.8, 4) is 0 Å². The normalized spacial score (nSPS) is 10.7. The smallest absolute Gasteiger partial charge is 0.0722 e. The molecule has 0 radical (unpaired) electrons. The van der Waals surface area contributed by atoms with Gasteiger partial charge in [0.2, 0.25) is 0 Å². The zero-order valence-electron chi connectivity index (χ0n) is 9.76. The van der Waals surface area contributed by atoms with E-state index in [9.17, 15) is 0 Å². The zero-order valence-corrected chi connectivity index (χ0v) is 10.6. The Labute approximate surface area is 109 Å². The van der Waals surface area contributed by atoms with E-state index in [4.69, 9.17) is 5.73 Å². The second-order valence-corrected chi connectivity index (χ2v) is 5.03. The van der Waals surface area contributed by atoms with Crippen LogP contribution in [0.2, 0.25) is 0 Å². The molecule has 0 fully saturated rings. The van der Waals surface area contributed by atoms with Gasteiger partial charge in [-0.15, -0.1) is 11.3 Å². The van der Waals surface area contributed by atoms with Gasteiger partial charge >= 0.3 is 0 Å². The van der Waals surface area contributed by atoms with E-state index < -0.39 is 0 Å². The van der Waals surface area contributed by atoms with Crippen LogP contribution < -0.4 is 11.1 Å². The van der Waals surface area contributed by atoms with Gasteiger partial charge in [0.1, 0.15) is 0 Å². The Morgan fingerprint density at radius 3 is 2.94 bits per heavy atom. The Balaban J connectivity index is 1.89. The van der Waals surface area contributed by atoms with Crippen LogP contribution in [0, 0.1) is 0 Å². The summed E-state index contributed by atoms with van der Waals surface area (Å²) in [6.45, 7) is 0.748. The number of thiophene rings is 1. The van der Waals surface area contributed by atoms with Gasteiger partial charge in [0.25, 0.3) is 0 Å². The molecule has 4 heteroatoms. The average Bonchev–Trinajstić information content (AvgIpc) is 2.82. The van der Waals surface area contributed by atoms with Crippen molar-refractivity contribution in [2.24, 2.45) is 0 Å². The molecule has 0 aliphatic carbocycles. The first-order valence-corrected chi connectivity index (χ1v) is 6.62. The summed E-state index contributed by atoms with van der Waals surface area (Å²) >= 11 is 1.67. The molecule has 0 aliphatic heterocycles. The van der Waals surface area contributed by atoms with Crippen LogP contribution in [0.1, 0.15) is 4.88 Å². The number of anilines is 2. The van der Waals surface area contributed by atoms with E-state index >= 15 is 0 Å². The van der Waals surface area contributed by atoms with Crippen LogP contribution in [0.4, 0.5) is 11.4 Å². The molecule has 0 saturated carbocycles. The number of nitrogens with zero attached hydrogens (tertiary/aromatic N) is 1. The van der Waals surface area contributed by atoms with Gasteiger partial charge in [-0.25, -0.2) is 0 Å². The molecule has 3 N–H and O–H groups in total. The van der Waals surface area contributed by atoms with Gasteiger partial charge in [0.15, 0.2) is 0 Å². The first kappa shape index (κ1) is 11.0. The number of benzene rings is 1. The standard InChI is InChI=1S/C14H13N3S/c15-11-6-8-18-14(11)9-17-13-5-1-4-12-10(13)3-2-7-16-12/h1-8,17H,9,15H2. The molecule has 0 amide bonds. The molecule has 0 saturated heterocycles. The highest BCUT2D eigenvalue weighted by Gasteiger charge is 2.03. The van der Waals surface area contributed by atoms with Crippen LogP contribution >= 0.6 is 11.3 Å². The summed E-state index contributed by atoms with van der Waals surface area (Å²) in [6, 6.07) is 12.0. The van der Waals surface area contributed by atoms with Crippen molar-refractivity contribution in [2.75, 3.05) is 11.1 Å². The molecular weight excluding hydrogens is 242 g/mol. The highest BCUT2D eigenvalue weighted by atomic mass is 32.1. The minimum absolute atomic E-state index is 0.748. The van der Waals surface area contributed by atoms with Gasteiger partial charge in [0.05, 0.1) is 12.1 Å². The van der Waals surface area contributed by atoms with E-state index in [0.29, 0.717) is 0 Å². The summed E-state index contributed by atoms with van der Waals surface area (Å²) < 4.78 is 0. The lowest BCUT2D eigenvalue weighted by molar-refractivity contribution is 1.20. The molecule has 2 heterocycles. The molecule has 3 nitrogen and oxygen atoms in total. The fourth-order valence-electron chi connectivity index (χ4n) is 1.93. The monoisotopic (exact) mass is 255 g/mol. The maximum Gasteiger partial charge on any atom is 0.0722 e. The summed E-state index contributed by atoms with van der Waals surface area (Å²) in [4.78, 5) is 5.51. The van der Waals surface area contributed by atoms with Gasteiger partial charge in [0, 0.05) is 27.8 Å². The zero-order chi connectivity index (χ0) is 12.4. The third-order valence-corrected chi connectivity index (χ3v) is 3.80. The fraction of sp³-hybridized carbons (Fsp3) is 0.0714. The van der Waals surface area contributed by atoms with Crippen LogP contribution in [0.15, 0.2) is 48.0 Å². The van der Waals surface area contributed by atoms with Crippen LogP contribution in [0.25, 0.3) is 10.9 Å². The SMILES string of the molecule is Nc1ccsc1CNc1cccc2ncccc12. The number of nitrogen functional groups attached to an aromatic ring is 1. The van der Waals surface area contributed by atoms with Crippen molar-refractivity contribution in [1.82, 2.24) is 4.98 Å². The Bertz CT molecular complexity index is 670. The lowest BCUT2D eigenvalue weighted by Crippen LogP contribution is -2.00. The minimum Gasteiger partial charge on any atom is -0.398 e. The van der Waals surface area contributed by atoms with Gasteiger partial charge in [-0.2, -0.15) is 0 Å². The van der Waals surface area contributed by atoms with Crippen molar-refractivity contribution < 1.29 is 0 Å². The van der Waals surface area contributed by atoms with E-state index in [2.05, 4.69) is 22.4 Å². The number of nitrogens with two attached hydrogens (primary N) is 1. The third-order valence-electron chi connectivity index (χ3n) is 2.86. The molecule has 18 heavy (non-hydrogen) atoms. The molecule has 0 spiro atoms. The molecular formula is C14H13N3S. The lowest BCUT2D eigenvalue weighted by atomic mass is 10.2. The maximum atomic E-state index is 5.88. The first-order valence-electron chi connectivity index (χ1n) is 5.74. The number of nitrogens with one attached hydrogen (secondary N) is 1. The molecule has 0 unspecified atom stereocenters. The van der Waals surface area contributed by atoms with Gasteiger partial charge < -0.3 is 11.1 Å². The molecule has 3 rings (SSSR count). The van der Waals surface area contributed by atoms with Crippen molar-refractivity contribution >= 4 is 33.6 Å². The summed E-state index contributed by atoms with van der Waals surface area (Å²) in [5.41, 5.74) is 8.82. The number of hydrogen-bond donors (Lipinski definition) is 2. The predicted molar refractivity (Wildman–Crippen MR) is 77.8 cm³/mol. The van der Waals surface area contributed by atoms with E-state index in [0.717, 1.165) is 33.7 Å². The Morgan fingerprint density at radius 1 is 1.17 bits per heavy atom. The topological polar surface area (TPSA) is 50.9 Å². The third kappa shape index (κ3) is 2.02. The summed E-state index contributed by atoms with van der Waals surface area (Å²) in [5.74, 6) is 0. The Morgan fingerprint density at radius 2 is 2.11 bits per heavy atom. The molecule has 0 aliphatic rings. The fourth-order valence-corrected chi connectivity index (χ4v) is 2.67. The van der Waals surface area contributed by atoms with Crippen molar-refractivity contribution in [3.05, 3.63) is 52.9 Å². The largest absolute Gasteiger partial charge is 0.398 e. The van der Waals surface area contributed by atoms with Gasteiger partial charge in [-0.1, -0.05) is 6.07 Å². The molecule has 2 aromatic heterocycles. The maximum absolute atomic E-state index is 5.88. The van der Waals surface area contributed by atoms with Gasteiger partial charge in [-0.3, -0.25) is 4.98 Å². The van der Waals surface area contributed by atoms with Crippen LogP contribution in [-0.4, -0.2) is 4.98 Å². The number of aromatic nitrogens is 1. The second-order valence-electron chi connectivity index (χ2n) is 4.03. The molecule has 90 valence electrons. The average molecular weight is 255 g/mol. The molecule has 3 aromatic rings. The van der Waals surface area contributed by atoms with Crippen molar-refractivity contribution in [2.45, 2.75) is 6.54 Å². The number of pyridine rings is 1. The van der Waals surface area contributed by atoms with Crippen LogP contribution in [-0.2, 0) is 6.54 Å². The molecule has 1 aromatic carbocycles. The number of fused-ring (bicyclic) bond motifs is 1. The Hall–Kier alpha value is -2.07. The van der Waals surface area contributed by atoms with Gasteiger partial charge in [-0.05, 0) is 35.7 Å². The van der Waals surface area contributed by atoms with Crippen LogP contribution in [0.5, 0.6) is 0 Å². The quantitative estimate of drug-likeness (QED) is 0.753. The number of hydrogen-bond acceptors (Lipinski definition) is 4. The Kier molecular flexibility index (Phi) is 2.86.